The lowest BCUT2D eigenvalue weighted by molar-refractivity contribution is -0.189. The van der Waals surface area contributed by atoms with Gasteiger partial charge in [0.1, 0.15) is 0 Å². The van der Waals surface area contributed by atoms with Crippen LogP contribution in [0.3, 0.4) is 0 Å². The highest BCUT2D eigenvalue weighted by Gasteiger charge is 2.73. The van der Waals surface area contributed by atoms with Gasteiger partial charge in [-0.15, -0.1) is 0 Å². The number of aliphatic hydroxyl groups is 1. The van der Waals surface area contributed by atoms with Crippen LogP contribution in [0.1, 0.15) is 36.0 Å². The Hall–Kier alpha value is -2.31. The number of carbonyl (C=O) groups excluding carboxylic acids is 1. The van der Waals surface area contributed by atoms with Gasteiger partial charge in [-0.3, -0.25) is 9.69 Å². The fourth-order valence-electron chi connectivity index (χ4n) is 6.22. The smallest absolute Gasteiger partial charge is 0.174 e. The number of ether oxygens (including phenoxy) is 1. The van der Waals surface area contributed by atoms with Crippen molar-refractivity contribution in [1.29, 1.82) is 0 Å². The van der Waals surface area contributed by atoms with Crippen LogP contribution in [0.5, 0.6) is 11.5 Å². The first-order valence-corrected chi connectivity index (χ1v) is 9.57. The van der Waals surface area contributed by atoms with Crippen molar-refractivity contribution < 1.29 is 24.2 Å². The molecule has 6 rings (SSSR count). The SMILES string of the molecule is O=C1CC[C@@]2(O)[C@H]3Cc4ccc(O)c5c4[C@@]2(CCN3Cc2ccoc2)C1O5. The lowest BCUT2D eigenvalue weighted by Gasteiger charge is -2.62. The van der Waals surface area contributed by atoms with Gasteiger partial charge in [0.25, 0.3) is 0 Å². The summed E-state index contributed by atoms with van der Waals surface area (Å²) in [6, 6.07) is 5.43. The summed E-state index contributed by atoms with van der Waals surface area (Å²) in [5, 5.41) is 22.4. The zero-order valence-corrected chi connectivity index (χ0v) is 14.9. The number of hydrogen-bond acceptors (Lipinski definition) is 6. The number of rotatable bonds is 2. The van der Waals surface area contributed by atoms with Gasteiger partial charge in [-0.1, -0.05) is 6.07 Å². The van der Waals surface area contributed by atoms with Gasteiger partial charge in [0.05, 0.1) is 23.5 Å². The summed E-state index contributed by atoms with van der Waals surface area (Å²) in [6.45, 7) is 1.47. The Morgan fingerprint density at radius 2 is 2.15 bits per heavy atom. The summed E-state index contributed by atoms with van der Waals surface area (Å²) in [5.74, 6) is 0.505. The highest BCUT2D eigenvalue weighted by molar-refractivity contribution is 5.90. The van der Waals surface area contributed by atoms with Gasteiger partial charge in [-0.2, -0.15) is 0 Å². The molecule has 6 nitrogen and oxygen atoms in total. The van der Waals surface area contributed by atoms with E-state index < -0.39 is 17.1 Å². The third-order valence-electron chi connectivity index (χ3n) is 7.33. The van der Waals surface area contributed by atoms with E-state index in [0.717, 1.165) is 23.2 Å². The van der Waals surface area contributed by atoms with E-state index in [1.54, 1.807) is 18.6 Å². The molecule has 2 fully saturated rings. The predicted octanol–water partition coefficient (Wildman–Crippen LogP) is 1.91. The van der Waals surface area contributed by atoms with E-state index in [9.17, 15) is 15.0 Å². The fourth-order valence-corrected chi connectivity index (χ4v) is 6.22. The van der Waals surface area contributed by atoms with Crippen LogP contribution in [0, 0.1) is 0 Å². The Labute approximate surface area is 156 Å². The van der Waals surface area contributed by atoms with Crippen molar-refractivity contribution >= 4 is 5.78 Å². The summed E-state index contributed by atoms with van der Waals surface area (Å²) >= 11 is 0. The Balaban J connectivity index is 1.54. The molecule has 3 heterocycles. The molecule has 6 heteroatoms. The summed E-state index contributed by atoms with van der Waals surface area (Å²) in [5.41, 5.74) is 1.24. The Bertz CT molecular complexity index is 954. The summed E-state index contributed by atoms with van der Waals surface area (Å²) in [6.07, 6.45) is 4.78. The van der Waals surface area contributed by atoms with Crippen molar-refractivity contribution in [3.63, 3.8) is 0 Å². The van der Waals surface area contributed by atoms with E-state index in [4.69, 9.17) is 9.15 Å². The number of phenols is 1. The van der Waals surface area contributed by atoms with Crippen molar-refractivity contribution in [2.75, 3.05) is 6.54 Å². The van der Waals surface area contributed by atoms with E-state index in [1.807, 2.05) is 12.1 Å². The second-order valence-electron chi connectivity index (χ2n) is 8.38. The molecule has 1 aromatic heterocycles. The van der Waals surface area contributed by atoms with Gasteiger partial charge >= 0.3 is 0 Å². The highest BCUT2D eigenvalue weighted by Crippen LogP contribution is 2.64. The predicted molar refractivity (Wildman–Crippen MR) is 94.6 cm³/mol. The molecule has 4 atom stereocenters. The second-order valence-corrected chi connectivity index (χ2v) is 8.38. The number of piperidine rings is 1. The lowest BCUT2D eigenvalue weighted by atomic mass is 9.49. The number of Topliss-reactive ketones (excluding diaryl/α,β-unsaturated/α-hetero) is 1. The molecular weight excluding hydrogens is 346 g/mol. The quantitative estimate of drug-likeness (QED) is 0.844. The van der Waals surface area contributed by atoms with Crippen molar-refractivity contribution in [3.8, 4) is 11.5 Å². The molecular formula is C21H21NO5. The molecule has 140 valence electrons. The van der Waals surface area contributed by atoms with E-state index in [0.29, 0.717) is 38.0 Å². The van der Waals surface area contributed by atoms with Crippen molar-refractivity contribution in [3.05, 3.63) is 47.4 Å². The lowest BCUT2D eigenvalue weighted by Crippen LogP contribution is -2.76. The number of aromatic hydroxyl groups is 1. The minimum atomic E-state index is -1.04. The monoisotopic (exact) mass is 367 g/mol. The molecule has 2 aromatic rings. The average Bonchev–Trinajstić information content (AvgIpc) is 3.27. The Morgan fingerprint density at radius 3 is 2.96 bits per heavy atom. The first-order valence-electron chi connectivity index (χ1n) is 9.57. The molecule has 0 amide bonds. The van der Waals surface area contributed by atoms with Gasteiger partial charge in [0.2, 0.25) is 0 Å². The fraction of sp³-hybridized carbons (Fsp3) is 0.476. The number of furan rings is 1. The van der Waals surface area contributed by atoms with Crippen LogP contribution in [0.2, 0.25) is 0 Å². The van der Waals surface area contributed by atoms with Crippen LogP contribution >= 0.6 is 0 Å². The number of phenolic OH excluding ortho intramolecular Hbond substituents is 1. The molecule has 1 unspecified atom stereocenters. The van der Waals surface area contributed by atoms with Gasteiger partial charge in [-0.05, 0) is 37.0 Å². The normalized spacial score (nSPS) is 36.4. The standard InChI is InChI=1S/C21H21NO5/c23-14-2-1-13-9-16-21(25)5-3-15(24)19-20(21,17(13)18(14)27-19)6-7-22(16)10-12-4-8-26-11-12/h1-2,4,8,11,16,19,23,25H,3,5-7,9-10H2/t16-,19?,20+,21-/m1/s1. The van der Waals surface area contributed by atoms with E-state index in [1.165, 1.54) is 0 Å². The van der Waals surface area contributed by atoms with Crippen molar-refractivity contribution in [2.45, 2.75) is 55.4 Å². The molecule has 1 saturated heterocycles. The first kappa shape index (κ1) is 15.7. The number of likely N-dealkylation sites (tertiary alicyclic amines) is 1. The maximum atomic E-state index is 12.8. The van der Waals surface area contributed by atoms with E-state index in [-0.39, 0.29) is 17.6 Å². The second kappa shape index (κ2) is 4.94. The van der Waals surface area contributed by atoms with Crippen LogP contribution in [0.15, 0.2) is 35.1 Å². The minimum absolute atomic E-state index is 0.0326. The maximum absolute atomic E-state index is 12.8. The zero-order valence-electron chi connectivity index (χ0n) is 14.9. The molecule has 1 aromatic carbocycles. The molecule has 2 aliphatic heterocycles. The van der Waals surface area contributed by atoms with Gasteiger partial charge in [-0.25, -0.2) is 0 Å². The molecule has 4 aliphatic rings. The summed E-state index contributed by atoms with van der Waals surface area (Å²) in [4.78, 5) is 15.1. The van der Waals surface area contributed by atoms with Gasteiger partial charge < -0.3 is 19.4 Å². The third-order valence-corrected chi connectivity index (χ3v) is 7.33. The molecule has 2 bridgehead atoms. The van der Waals surface area contributed by atoms with Crippen molar-refractivity contribution in [1.82, 2.24) is 4.90 Å². The minimum Gasteiger partial charge on any atom is -0.504 e. The number of benzene rings is 1. The van der Waals surface area contributed by atoms with Crippen LogP contribution < -0.4 is 4.74 Å². The molecule has 2 aliphatic carbocycles. The number of hydrogen-bond donors (Lipinski definition) is 2. The van der Waals surface area contributed by atoms with Crippen molar-refractivity contribution in [2.24, 2.45) is 0 Å². The van der Waals surface area contributed by atoms with E-state index in [2.05, 4.69) is 4.90 Å². The number of carbonyl (C=O) groups is 1. The zero-order chi connectivity index (χ0) is 18.4. The number of ketones is 1. The maximum Gasteiger partial charge on any atom is 0.174 e. The topological polar surface area (TPSA) is 83.1 Å². The largest absolute Gasteiger partial charge is 0.504 e. The molecule has 1 spiro atoms. The van der Waals surface area contributed by atoms with E-state index >= 15 is 0 Å². The summed E-state index contributed by atoms with van der Waals surface area (Å²) < 4.78 is 11.3. The van der Waals surface area contributed by atoms with Crippen LogP contribution in [0.25, 0.3) is 0 Å². The Kier molecular flexibility index (Phi) is 2.88. The molecule has 0 radical (unpaired) electrons. The summed E-state index contributed by atoms with van der Waals surface area (Å²) in [7, 11) is 0. The highest BCUT2D eigenvalue weighted by atomic mass is 16.5. The number of nitrogens with zero attached hydrogens (tertiary/aromatic N) is 1. The average molecular weight is 367 g/mol. The van der Waals surface area contributed by atoms with Crippen LogP contribution in [-0.2, 0) is 23.2 Å². The Morgan fingerprint density at radius 1 is 1.26 bits per heavy atom. The van der Waals surface area contributed by atoms with Crippen LogP contribution in [0.4, 0.5) is 0 Å². The van der Waals surface area contributed by atoms with Gasteiger partial charge in [0.15, 0.2) is 23.4 Å². The first-order chi connectivity index (χ1) is 13.0. The van der Waals surface area contributed by atoms with Crippen LogP contribution in [-0.4, -0.2) is 45.2 Å². The molecule has 27 heavy (non-hydrogen) atoms. The molecule has 2 N–H and O–H groups in total. The third kappa shape index (κ3) is 1.71. The molecule has 1 saturated carbocycles. The van der Waals surface area contributed by atoms with Gasteiger partial charge in [0, 0.05) is 36.7 Å².